The molecular formula is C10H24N2O2S. The maximum Gasteiger partial charge on any atom is 0.213 e. The number of sulfonamides is 1. The predicted molar refractivity (Wildman–Crippen MR) is 64.4 cm³/mol. The lowest BCUT2D eigenvalue weighted by Gasteiger charge is -2.20. The van der Waals surface area contributed by atoms with Crippen molar-refractivity contribution in [3.8, 4) is 0 Å². The molecular weight excluding hydrogens is 212 g/mol. The third-order valence-electron chi connectivity index (χ3n) is 2.37. The van der Waals surface area contributed by atoms with Crippen LogP contribution in [0.5, 0.6) is 0 Å². The zero-order chi connectivity index (χ0) is 11.9. The first-order valence-electron chi connectivity index (χ1n) is 5.63. The number of hydrogen-bond acceptors (Lipinski definition) is 3. The Balaban J connectivity index is 4.11. The van der Waals surface area contributed by atoms with Gasteiger partial charge < -0.3 is 5.32 Å². The van der Waals surface area contributed by atoms with Gasteiger partial charge in [-0.3, -0.25) is 0 Å². The van der Waals surface area contributed by atoms with Crippen LogP contribution in [0.15, 0.2) is 0 Å². The fourth-order valence-electron chi connectivity index (χ4n) is 1.36. The molecule has 4 nitrogen and oxygen atoms in total. The zero-order valence-electron chi connectivity index (χ0n) is 10.2. The molecule has 0 aromatic rings. The molecule has 0 aromatic carbocycles. The first kappa shape index (κ1) is 14.9. The monoisotopic (exact) mass is 236 g/mol. The Morgan fingerprint density at radius 1 is 1.20 bits per heavy atom. The summed E-state index contributed by atoms with van der Waals surface area (Å²) in [5.74, 6) is 0.494. The van der Waals surface area contributed by atoms with Gasteiger partial charge >= 0.3 is 0 Å². The molecule has 0 spiro atoms. The molecule has 0 radical (unpaired) electrons. The summed E-state index contributed by atoms with van der Waals surface area (Å²) in [5, 5.41) is 3.01. The summed E-state index contributed by atoms with van der Waals surface area (Å²) in [4.78, 5) is 0. The lowest BCUT2D eigenvalue weighted by atomic mass is 10.0. The quantitative estimate of drug-likeness (QED) is 0.617. The standard InChI is InChI=1S/C10H24N2O2S/c1-5-10(9(3)4)12-15(13,14)8-7-11-6-2/h9-12H,5-8H2,1-4H3. The minimum absolute atomic E-state index is 0.0524. The molecule has 0 aliphatic carbocycles. The first-order valence-corrected chi connectivity index (χ1v) is 7.28. The Labute approximate surface area is 93.9 Å². The van der Waals surface area contributed by atoms with Crippen LogP contribution in [0.25, 0.3) is 0 Å². The Kier molecular flexibility index (Phi) is 7.13. The maximum atomic E-state index is 11.6. The summed E-state index contributed by atoms with van der Waals surface area (Å²) >= 11 is 0. The van der Waals surface area contributed by atoms with Crippen LogP contribution >= 0.6 is 0 Å². The SMILES string of the molecule is CCNCCS(=O)(=O)NC(CC)C(C)C. The molecule has 1 unspecified atom stereocenters. The second-order valence-corrected chi connectivity index (χ2v) is 5.92. The molecule has 0 bridgehead atoms. The Morgan fingerprint density at radius 3 is 2.20 bits per heavy atom. The van der Waals surface area contributed by atoms with Crippen LogP contribution in [0, 0.1) is 5.92 Å². The van der Waals surface area contributed by atoms with E-state index in [1.807, 2.05) is 27.7 Å². The highest BCUT2D eigenvalue weighted by Crippen LogP contribution is 2.06. The third kappa shape index (κ3) is 6.87. The van der Waals surface area contributed by atoms with Gasteiger partial charge in [0.1, 0.15) is 0 Å². The van der Waals surface area contributed by atoms with Crippen LogP contribution in [-0.4, -0.2) is 33.3 Å². The molecule has 0 aliphatic rings. The van der Waals surface area contributed by atoms with Crippen molar-refractivity contribution >= 4 is 10.0 Å². The van der Waals surface area contributed by atoms with Crippen molar-refractivity contribution in [3.05, 3.63) is 0 Å². The maximum absolute atomic E-state index is 11.6. The van der Waals surface area contributed by atoms with Gasteiger partial charge in [-0.2, -0.15) is 0 Å². The van der Waals surface area contributed by atoms with Crippen molar-refractivity contribution in [3.63, 3.8) is 0 Å². The van der Waals surface area contributed by atoms with E-state index in [1.165, 1.54) is 0 Å². The van der Waals surface area contributed by atoms with E-state index in [-0.39, 0.29) is 11.8 Å². The van der Waals surface area contributed by atoms with Crippen LogP contribution < -0.4 is 10.0 Å². The smallest absolute Gasteiger partial charge is 0.213 e. The summed E-state index contributed by atoms with van der Waals surface area (Å²) in [6.45, 7) is 9.33. The van der Waals surface area contributed by atoms with E-state index >= 15 is 0 Å². The van der Waals surface area contributed by atoms with Crippen molar-refractivity contribution in [1.82, 2.24) is 10.0 Å². The average Bonchev–Trinajstić information content (AvgIpc) is 2.14. The van der Waals surface area contributed by atoms with Gasteiger partial charge in [0.25, 0.3) is 0 Å². The summed E-state index contributed by atoms with van der Waals surface area (Å²) in [6.07, 6.45) is 0.831. The molecule has 2 N–H and O–H groups in total. The van der Waals surface area contributed by atoms with Gasteiger partial charge in [0, 0.05) is 12.6 Å². The molecule has 0 saturated heterocycles. The third-order valence-corrected chi connectivity index (χ3v) is 3.78. The zero-order valence-corrected chi connectivity index (χ0v) is 11.0. The van der Waals surface area contributed by atoms with Crippen LogP contribution in [0.4, 0.5) is 0 Å². The number of hydrogen-bond donors (Lipinski definition) is 2. The Morgan fingerprint density at radius 2 is 1.80 bits per heavy atom. The van der Waals surface area contributed by atoms with Gasteiger partial charge in [0.05, 0.1) is 5.75 Å². The van der Waals surface area contributed by atoms with Crippen molar-refractivity contribution in [2.45, 2.75) is 40.2 Å². The summed E-state index contributed by atoms with van der Waals surface area (Å²) in [5.41, 5.74) is 0. The van der Waals surface area contributed by atoms with Crippen molar-refractivity contribution in [2.75, 3.05) is 18.8 Å². The molecule has 1 atom stereocenters. The molecule has 5 heteroatoms. The Bertz CT molecular complexity index is 250. The molecule has 0 saturated carbocycles. The van der Waals surface area contributed by atoms with Gasteiger partial charge in [-0.05, 0) is 18.9 Å². The highest BCUT2D eigenvalue weighted by Gasteiger charge is 2.18. The molecule has 0 heterocycles. The molecule has 15 heavy (non-hydrogen) atoms. The van der Waals surface area contributed by atoms with Crippen molar-refractivity contribution in [2.24, 2.45) is 5.92 Å². The molecule has 0 rings (SSSR count). The van der Waals surface area contributed by atoms with Crippen molar-refractivity contribution < 1.29 is 8.42 Å². The van der Waals surface area contributed by atoms with Crippen LogP contribution in [0.3, 0.4) is 0 Å². The largest absolute Gasteiger partial charge is 0.316 e. The Hall–Kier alpha value is -0.130. The van der Waals surface area contributed by atoms with Gasteiger partial charge in [0.2, 0.25) is 10.0 Å². The summed E-state index contributed by atoms with van der Waals surface area (Å²) in [7, 11) is -3.12. The molecule has 0 fully saturated rings. The minimum Gasteiger partial charge on any atom is -0.316 e. The topological polar surface area (TPSA) is 58.2 Å². The van der Waals surface area contributed by atoms with Gasteiger partial charge in [-0.15, -0.1) is 0 Å². The van der Waals surface area contributed by atoms with Gasteiger partial charge in [-0.1, -0.05) is 27.7 Å². The fourth-order valence-corrected chi connectivity index (χ4v) is 2.79. The summed E-state index contributed by atoms with van der Waals surface area (Å²) in [6, 6.07) is 0.0524. The molecule has 92 valence electrons. The second-order valence-electron chi connectivity index (χ2n) is 4.05. The van der Waals surface area contributed by atoms with Crippen LogP contribution in [0.1, 0.15) is 34.1 Å². The second kappa shape index (κ2) is 7.19. The molecule has 0 aliphatic heterocycles. The van der Waals surface area contributed by atoms with Gasteiger partial charge in [-0.25, -0.2) is 13.1 Å². The van der Waals surface area contributed by atoms with Gasteiger partial charge in [0.15, 0.2) is 0 Å². The highest BCUT2D eigenvalue weighted by atomic mass is 32.2. The van der Waals surface area contributed by atoms with E-state index in [0.29, 0.717) is 12.5 Å². The van der Waals surface area contributed by atoms with E-state index in [0.717, 1.165) is 13.0 Å². The first-order chi connectivity index (χ1) is 6.93. The predicted octanol–water partition coefficient (Wildman–Crippen LogP) is 0.950. The fraction of sp³-hybridized carbons (Fsp3) is 1.00. The average molecular weight is 236 g/mol. The highest BCUT2D eigenvalue weighted by molar-refractivity contribution is 7.89. The molecule has 0 amide bonds. The molecule has 0 aromatic heterocycles. The van der Waals surface area contributed by atoms with E-state index in [4.69, 9.17) is 0 Å². The van der Waals surface area contributed by atoms with E-state index in [1.54, 1.807) is 0 Å². The number of rotatable bonds is 8. The lowest BCUT2D eigenvalue weighted by Crippen LogP contribution is -2.41. The van der Waals surface area contributed by atoms with Crippen LogP contribution in [-0.2, 0) is 10.0 Å². The number of nitrogens with one attached hydrogen (secondary N) is 2. The lowest BCUT2D eigenvalue weighted by molar-refractivity contribution is 0.437. The van der Waals surface area contributed by atoms with Crippen molar-refractivity contribution in [1.29, 1.82) is 0 Å². The minimum atomic E-state index is -3.12. The van der Waals surface area contributed by atoms with E-state index in [2.05, 4.69) is 10.0 Å². The van der Waals surface area contributed by atoms with E-state index in [9.17, 15) is 8.42 Å². The van der Waals surface area contributed by atoms with E-state index < -0.39 is 10.0 Å². The van der Waals surface area contributed by atoms with Crippen LogP contribution in [0.2, 0.25) is 0 Å². The normalized spacial score (nSPS) is 14.5. The summed E-state index contributed by atoms with van der Waals surface area (Å²) < 4.78 is 26.0.